The molecule has 1 aliphatic rings. The Morgan fingerprint density at radius 1 is 1.44 bits per heavy atom. The van der Waals surface area contributed by atoms with Crippen molar-refractivity contribution in [2.45, 2.75) is 12.5 Å². The maximum absolute atomic E-state index is 4.37. The van der Waals surface area contributed by atoms with Crippen molar-refractivity contribution in [3.8, 4) is 5.82 Å². The van der Waals surface area contributed by atoms with Gasteiger partial charge in [-0.1, -0.05) is 0 Å². The van der Waals surface area contributed by atoms with Crippen LogP contribution >= 0.6 is 0 Å². The third-order valence-corrected chi connectivity index (χ3v) is 3.17. The Bertz CT molecular complexity index is 509. The van der Waals surface area contributed by atoms with E-state index >= 15 is 0 Å². The molecule has 0 saturated carbocycles. The summed E-state index contributed by atoms with van der Waals surface area (Å²) in [6.45, 7) is 2.20. The molecular formula is C12H16N6. The number of likely N-dealkylation sites (tertiary alicyclic amines) is 1. The van der Waals surface area contributed by atoms with Gasteiger partial charge in [0.1, 0.15) is 12.7 Å². The van der Waals surface area contributed by atoms with Crippen LogP contribution in [0.3, 0.4) is 0 Å². The number of nitrogens with one attached hydrogen (secondary N) is 1. The Labute approximate surface area is 106 Å². The maximum atomic E-state index is 4.37. The Morgan fingerprint density at radius 2 is 2.39 bits per heavy atom. The Morgan fingerprint density at radius 3 is 3.11 bits per heavy atom. The van der Waals surface area contributed by atoms with Crippen molar-refractivity contribution in [1.29, 1.82) is 0 Å². The topological polar surface area (TPSA) is 58.9 Å². The lowest BCUT2D eigenvalue weighted by Gasteiger charge is -2.16. The van der Waals surface area contributed by atoms with Crippen molar-refractivity contribution in [3.63, 3.8) is 0 Å². The second-order valence-corrected chi connectivity index (χ2v) is 4.61. The van der Waals surface area contributed by atoms with E-state index in [2.05, 4.69) is 32.3 Å². The van der Waals surface area contributed by atoms with E-state index < -0.39 is 0 Å². The third kappa shape index (κ3) is 2.19. The number of nitrogens with zero attached hydrogens (tertiary/aromatic N) is 5. The standard InChI is InChI=1S/C12H16N6/c1-17-6-4-10(7-17)16-11-3-2-5-14-12(11)18-9-13-8-15-18/h2-3,5,8-10,16H,4,6-7H2,1H3. The van der Waals surface area contributed by atoms with Crippen molar-refractivity contribution < 1.29 is 0 Å². The second-order valence-electron chi connectivity index (χ2n) is 4.61. The average Bonchev–Trinajstić information content (AvgIpc) is 3.02. The highest BCUT2D eigenvalue weighted by Gasteiger charge is 2.20. The van der Waals surface area contributed by atoms with E-state index in [1.807, 2.05) is 12.1 Å². The first kappa shape index (κ1) is 11.2. The lowest BCUT2D eigenvalue weighted by Crippen LogP contribution is -2.24. The van der Waals surface area contributed by atoms with E-state index in [-0.39, 0.29) is 0 Å². The van der Waals surface area contributed by atoms with Gasteiger partial charge in [0.05, 0.1) is 5.69 Å². The Balaban J connectivity index is 1.84. The number of hydrogen-bond acceptors (Lipinski definition) is 5. The van der Waals surface area contributed by atoms with Crippen LogP contribution in [-0.4, -0.2) is 50.8 Å². The van der Waals surface area contributed by atoms with Crippen LogP contribution in [0.1, 0.15) is 6.42 Å². The molecule has 1 aliphatic heterocycles. The molecule has 1 saturated heterocycles. The van der Waals surface area contributed by atoms with Crippen molar-refractivity contribution >= 4 is 5.69 Å². The molecule has 6 heteroatoms. The highest BCUT2D eigenvalue weighted by Crippen LogP contribution is 2.19. The Kier molecular flexibility index (Phi) is 2.93. The van der Waals surface area contributed by atoms with E-state index in [0.717, 1.165) is 31.0 Å². The molecule has 1 fully saturated rings. The van der Waals surface area contributed by atoms with E-state index in [9.17, 15) is 0 Å². The molecule has 6 nitrogen and oxygen atoms in total. The van der Waals surface area contributed by atoms with Crippen LogP contribution in [0.2, 0.25) is 0 Å². The van der Waals surface area contributed by atoms with Crippen LogP contribution in [0.5, 0.6) is 0 Å². The minimum absolute atomic E-state index is 0.474. The van der Waals surface area contributed by atoms with Crippen LogP contribution in [0.4, 0.5) is 5.69 Å². The van der Waals surface area contributed by atoms with Gasteiger partial charge in [0.2, 0.25) is 0 Å². The van der Waals surface area contributed by atoms with Gasteiger partial charge in [0.25, 0.3) is 0 Å². The molecule has 2 aromatic heterocycles. The maximum Gasteiger partial charge on any atom is 0.178 e. The Hall–Kier alpha value is -1.95. The molecule has 0 radical (unpaired) electrons. The fourth-order valence-electron chi connectivity index (χ4n) is 2.28. The van der Waals surface area contributed by atoms with E-state index in [1.165, 1.54) is 6.33 Å². The molecule has 1 unspecified atom stereocenters. The van der Waals surface area contributed by atoms with Gasteiger partial charge in [0.15, 0.2) is 5.82 Å². The van der Waals surface area contributed by atoms with Gasteiger partial charge in [-0.25, -0.2) is 14.6 Å². The van der Waals surface area contributed by atoms with Crippen LogP contribution in [-0.2, 0) is 0 Å². The first-order valence-electron chi connectivity index (χ1n) is 6.08. The molecule has 94 valence electrons. The molecule has 1 N–H and O–H groups in total. The van der Waals surface area contributed by atoms with Crippen LogP contribution < -0.4 is 5.32 Å². The predicted octanol–water partition coefficient (Wildman–Crippen LogP) is 0.778. The van der Waals surface area contributed by atoms with Crippen molar-refractivity contribution in [3.05, 3.63) is 31.0 Å². The fourth-order valence-corrected chi connectivity index (χ4v) is 2.28. The zero-order valence-electron chi connectivity index (χ0n) is 10.3. The van der Waals surface area contributed by atoms with Crippen molar-refractivity contribution in [1.82, 2.24) is 24.6 Å². The summed E-state index contributed by atoms with van der Waals surface area (Å²) in [6, 6.07) is 4.44. The van der Waals surface area contributed by atoms with Gasteiger partial charge < -0.3 is 10.2 Å². The summed E-state index contributed by atoms with van der Waals surface area (Å²) in [6.07, 6.45) is 6.10. The highest BCUT2D eigenvalue weighted by atomic mass is 15.3. The third-order valence-electron chi connectivity index (χ3n) is 3.17. The molecule has 2 aromatic rings. The molecule has 0 bridgehead atoms. The molecule has 0 spiro atoms. The monoisotopic (exact) mass is 244 g/mol. The van der Waals surface area contributed by atoms with Gasteiger partial charge >= 0.3 is 0 Å². The normalized spacial score (nSPS) is 20.2. The predicted molar refractivity (Wildman–Crippen MR) is 68.7 cm³/mol. The number of rotatable bonds is 3. The van der Waals surface area contributed by atoms with Gasteiger partial charge in [-0.3, -0.25) is 0 Å². The van der Waals surface area contributed by atoms with E-state index in [4.69, 9.17) is 0 Å². The zero-order valence-corrected chi connectivity index (χ0v) is 10.3. The zero-order chi connectivity index (χ0) is 12.4. The second kappa shape index (κ2) is 4.73. The lowest BCUT2D eigenvalue weighted by atomic mass is 10.2. The number of aromatic nitrogens is 4. The van der Waals surface area contributed by atoms with Crippen LogP contribution in [0, 0.1) is 0 Å². The molecule has 18 heavy (non-hydrogen) atoms. The smallest absolute Gasteiger partial charge is 0.178 e. The van der Waals surface area contributed by atoms with Gasteiger partial charge in [0, 0.05) is 18.8 Å². The van der Waals surface area contributed by atoms with Gasteiger partial charge in [-0.15, -0.1) is 0 Å². The minimum atomic E-state index is 0.474. The van der Waals surface area contributed by atoms with Crippen molar-refractivity contribution in [2.75, 3.05) is 25.5 Å². The minimum Gasteiger partial charge on any atom is -0.378 e. The van der Waals surface area contributed by atoms with Gasteiger partial charge in [-0.2, -0.15) is 5.10 Å². The molecular weight excluding hydrogens is 228 g/mol. The molecule has 0 aromatic carbocycles. The molecule has 1 atom stereocenters. The van der Waals surface area contributed by atoms with Crippen LogP contribution in [0.15, 0.2) is 31.0 Å². The highest BCUT2D eigenvalue weighted by molar-refractivity contribution is 5.56. The summed E-state index contributed by atoms with van der Waals surface area (Å²) in [7, 11) is 2.14. The van der Waals surface area contributed by atoms with Gasteiger partial charge in [-0.05, 0) is 32.1 Å². The van der Waals surface area contributed by atoms with Crippen molar-refractivity contribution in [2.24, 2.45) is 0 Å². The number of anilines is 1. The number of hydrogen-bond donors (Lipinski definition) is 1. The molecule has 3 heterocycles. The van der Waals surface area contributed by atoms with E-state index in [0.29, 0.717) is 6.04 Å². The lowest BCUT2D eigenvalue weighted by molar-refractivity contribution is 0.414. The number of pyridine rings is 1. The summed E-state index contributed by atoms with van der Waals surface area (Å²) in [5, 5.41) is 7.66. The summed E-state index contributed by atoms with van der Waals surface area (Å²) in [4.78, 5) is 10.6. The molecule has 0 amide bonds. The fraction of sp³-hybridized carbons (Fsp3) is 0.417. The summed E-state index contributed by atoms with van der Waals surface area (Å²) >= 11 is 0. The quantitative estimate of drug-likeness (QED) is 0.864. The average molecular weight is 244 g/mol. The first-order valence-corrected chi connectivity index (χ1v) is 6.08. The largest absolute Gasteiger partial charge is 0.378 e. The summed E-state index contributed by atoms with van der Waals surface area (Å²) in [5.74, 6) is 0.796. The molecule has 0 aliphatic carbocycles. The summed E-state index contributed by atoms with van der Waals surface area (Å²) in [5.41, 5.74) is 1.00. The van der Waals surface area contributed by atoms with E-state index in [1.54, 1.807) is 17.2 Å². The van der Waals surface area contributed by atoms with Crippen LogP contribution in [0.25, 0.3) is 5.82 Å². The SMILES string of the molecule is CN1CCC(Nc2cccnc2-n2cncn2)C1. The summed E-state index contributed by atoms with van der Waals surface area (Å²) < 4.78 is 1.68. The molecule has 3 rings (SSSR count). The number of likely N-dealkylation sites (N-methyl/N-ethyl adjacent to an activating group) is 1. The first-order chi connectivity index (χ1) is 8.83.